The predicted octanol–water partition coefficient (Wildman–Crippen LogP) is 4.00. The molecular weight excluding hydrogens is 499 g/mol. The summed E-state index contributed by atoms with van der Waals surface area (Å²) < 4.78 is 67.3. The van der Waals surface area contributed by atoms with E-state index in [1.165, 1.54) is 28.8 Å². The van der Waals surface area contributed by atoms with E-state index >= 15 is 0 Å². The van der Waals surface area contributed by atoms with Crippen LogP contribution in [0.15, 0.2) is 34.1 Å². The van der Waals surface area contributed by atoms with E-state index in [-0.39, 0.29) is 45.6 Å². The standard InChI is InChI=1S/C19H20F3N5O3S3/c1-11(28)17-23-9-15(32-17)16-14(19(20,21)22)8-24-18(26-16)25-12-2-5-27(6-3-12)33(29,30)13-4-7-31-10-13/h4,7-12,28H,2-3,5-6H2,1H3,(H,24,25,26). The first kappa shape index (κ1) is 24.0. The number of hydrogen-bond donors (Lipinski definition) is 2. The van der Waals surface area contributed by atoms with Gasteiger partial charge in [0.05, 0.1) is 15.5 Å². The normalized spacial score (nSPS) is 17.2. The highest BCUT2D eigenvalue weighted by Crippen LogP contribution is 2.38. The van der Waals surface area contributed by atoms with Crippen LogP contribution < -0.4 is 5.32 Å². The molecule has 33 heavy (non-hydrogen) atoms. The second-order valence-electron chi connectivity index (χ2n) is 7.47. The second-order valence-corrected chi connectivity index (χ2v) is 11.3. The maximum absolute atomic E-state index is 13.5. The van der Waals surface area contributed by atoms with E-state index in [0.29, 0.717) is 12.8 Å². The van der Waals surface area contributed by atoms with Crippen LogP contribution in [0.4, 0.5) is 19.1 Å². The van der Waals surface area contributed by atoms with E-state index in [0.717, 1.165) is 17.5 Å². The summed E-state index contributed by atoms with van der Waals surface area (Å²) in [6.45, 7) is 2.02. The molecule has 1 saturated heterocycles. The lowest BCUT2D eigenvalue weighted by Gasteiger charge is -2.31. The zero-order chi connectivity index (χ0) is 23.8. The molecule has 3 aromatic heterocycles. The first-order valence-electron chi connectivity index (χ1n) is 9.93. The van der Waals surface area contributed by atoms with Gasteiger partial charge in [-0.25, -0.2) is 23.4 Å². The van der Waals surface area contributed by atoms with Crippen LogP contribution in [0.5, 0.6) is 0 Å². The van der Waals surface area contributed by atoms with Crippen LogP contribution >= 0.6 is 22.7 Å². The Balaban J connectivity index is 1.51. The lowest BCUT2D eigenvalue weighted by molar-refractivity contribution is -0.137. The molecule has 0 radical (unpaired) electrons. The van der Waals surface area contributed by atoms with Gasteiger partial charge in [0.2, 0.25) is 16.0 Å². The summed E-state index contributed by atoms with van der Waals surface area (Å²) in [6.07, 6.45) is -2.69. The third-order valence-corrected chi connectivity index (χ3v) is 9.03. The van der Waals surface area contributed by atoms with Gasteiger partial charge in [-0.2, -0.15) is 28.8 Å². The molecular formula is C19H20F3N5O3S3. The van der Waals surface area contributed by atoms with Gasteiger partial charge in [-0.05, 0) is 31.2 Å². The van der Waals surface area contributed by atoms with E-state index < -0.39 is 27.9 Å². The number of sulfonamides is 1. The second kappa shape index (κ2) is 9.25. The molecule has 0 bridgehead atoms. The first-order valence-corrected chi connectivity index (χ1v) is 13.1. The molecule has 1 aliphatic rings. The van der Waals surface area contributed by atoms with Crippen LogP contribution in [0.25, 0.3) is 10.6 Å². The number of thiazole rings is 1. The van der Waals surface area contributed by atoms with E-state index in [1.54, 1.807) is 16.8 Å². The van der Waals surface area contributed by atoms with Gasteiger partial charge in [0.1, 0.15) is 16.7 Å². The van der Waals surface area contributed by atoms with Crippen molar-refractivity contribution in [3.8, 4) is 10.6 Å². The lowest BCUT2D eigenvalue weighted by Crippen LogP contribution is -2.42. The van der Waals surface area contributed by atoms with Crippen LogP contribution in [-0.4, -0.2) is 51.9 Å². The van der Waals surface area contributed by atoms with Crippen LogP contribution in [0.1, 0.15) is 36.4 Å². The molecule has 178 valence electrons. The van der Waals surface area contributed by atoms with Gasteiger partial charge in [0.15, 0.2) is 0 Å². The van der Waals surface area contributed by atoms with Crippen molar-refractivity contribution in [3.63, 3.8) is 0 Å². The van der Waals surface area contributed by atoms with E-state index in [2.05, 4.69) is 20.3 Å². The number of piperidine rings is 1. The molecule has 0 saturated carbocycles. The molecule has 0 aromatic carbocycles. The molecule has 8 nitrogen and oxygen atoms in total. The molecule has 14 heteroatoms. The zero-order valence-corrected chi connectivity index (χ0v) is 19.7. The van der Waals surface area contributed by atoms with Crippen molar-refractivity contribution in [2.45, 2.75) is 43.0 Å². The number of halogens is 3. The Kier molecular flexibility index (Phi) is 6.73. The molecule has 2 N–H and O–H groups in total. The fraction of sp³-hybridized carbons (Fsp3) is 0.421. The molecule has 1 fully saturated rings. The van der Waals surface area contributed by atoms with Gasteiger partial charge in [0.25, 0.3) is 0 Å². The topological polar surface area (TPSA) is 108 Å². The van der Waals surface area contributed by atoms with Crippen molar-refractivity contribution >= 4 is 38.6 Å². The first-order chi connectivity index (χ1) is 15.6. The van der Waals surface area contributed by atoms with Crippen molar-refractivity contribution in [2.75, 3.05) is 18.4 Å². The van der Waals surface area contributed by atoms with Crippen LogP contribution in [0.2, 0.25) is 0 Å². The Bertz CT molecular complexity index is 1200. The number of alkyl halides is 3. The van der Waals surface area contributed by atoms with Gasteiger partial charge in [-0.3, -0.25) is 0 Å². The summed E-state index contributed by atoms with van der Waals surface area (Å²) in [4.78, 5) is 12.3. The minimum atomic E-state index is -4.66. The SMILES string of the molecule is CC(O)c1ncc(-c2nc(NC3CCN(S(=O)(=O)c4ccsc4)CC3)ncc2C(F)(F)F)s1. The van der Waals surface area contributed by atoms with Crippen molar-refractivity contribution in [3.05, 3.63) is 39.8 Å². The van der Waals surface area contributed by atoms with E-state index in [1.807, 2.05) is 0 Å². The Labute approximate surface area is 196 Å². The Hall–Kier alpha value is -2.13. The molecule has 0 spiro atoms. The minimum Gasteiger partial charge on any atom is -0.386 e. The van der Waals surface area contributed by atoms with E-state index in [9.17, 15) is 26.7 Å². The number of nitrogens with one attached hydrogen (secondary N) is 1. The highest BCUT2D eigenvalue weighted by molar-refractivity contribution is 7.89. The highest BCUT2D eigenvalue weighted by atomic mass is 32.2. The fourth-order valence-electron chi connectivity index (χ4n) is 3.41. The number of rotatable bonds is 6. The number of aliphatic hydroxyl groups is 1. The Morgan fingerprint density at radius 3 is 2.55 bits per heavy atom. The Morgan fingerprint density at radius 1 is 1.24 bits per heavy atom. The van der Waals surface area contributed by atoms with Gasteiger partial charge in [-0.1, -0.05) is 0 Å². The number of nitrogens with zero attached hydrogens (tertiary/aromatic N) is 4. The van der Waals surface area contributed by atoms with Crippen molar-refractivity contribution in [1.82, 2.24) is 19.3 Å². The average Bonchev–Trinajstić information content (AvgIpc) is 3.46. The maximum atomic E-state index is 13.5. The van der Waals surface area contributed by atoms with E-state index in [4.69, 9.17) is 0 Å². The summed E-state index contributed by atoms with van der Waals surface area (Å²) in [5, 5.41) is 16.3. The summed E-state index contributed by atoms with van der Waals surface area (Å²) in [6, 6.07) is 1.36. The van der Waals surface area contributed by atoms with Gasteiger partial charge in [-0.15, -0.1) is 11.3 Å². The average molecular weight is 520 g/mol. The van der Waals surface area contributed by atoms with Crippen LogP contribution in [0.3, 0.4) is 0 Å². The van der Waals surface area contributed by atoms with Gasteiger partial charge in [0, 0.05) is 36.9 Å². The fourth-order valence-corrected chi connectivity index (χ4v) is 6.75. The van der Waals surface area contributed by atoms with Crippen LogP contribution in [0, 0.1) is 0 Å². The minimum absolute atomic E-state index is 0.0177. The predicted molar refractivity (Wildman–Crippen MR) is 118 cm³/mol. The van der Waals surface area contributed by atoms with Crippen LogP contribution in [-0.2, 0) is 16.2 Å². The number of anilines is 1. The quantitative estimate of drug-likeness (QED) is 0.507. The summed E-state index contributed by atoms with van der Waals surface area (Å²) in [7, 11) is -3.55. The van der Waals surface area contributed by atoms with Gasteiger partial charge < -0.3 is 10.4 Å². The molecule has 1 unspecified atom stereocenters. The molecule has 4 rings (SSSR count). The maximum Gasteiger partial charge on any atom is 0.420 e. The molecule has 1 atom stereocenters. The summed E-state index contributed by atoms with van der Waals surface area (Å²) in [5.74, 6) is 0.0177. The number of aliphatic hydroxyl groups excluding tert-OH is 1. The number of hydrogen-bond acceptors (Lipinski definition) is 9. The number of thiophene rings is 1. The van der Waals surface area contributed by atoms with Gasteiger partial charge >= 0.3 is 6.18 Å². The largest absolute Gasteiger partial charge is 0.420 e. The summed E-state index contributed by atoms with van der Waals surface area (Å²) >= 11 is 2.23. The van der Waals surface area contributed by atoms with Crippen molar-refractivity contribution in [1.29, 1.82) is 0 Å². The summed E-state index contributed by atoms with van der Waals surface area (Å²) in [5.41, 5.74) is -1.31. The molecule has 4 heterocycles. The lowest BCUT2D eigenvalue weighted by atomic mass is 10.1. The van der Waals surface area contributed by atoms with Crippen molar-refractivity contribution in [2.24, 2.45) is 0 Å². The highest BCUT2D eigenvalue weighted by Gasteiger charge is 2.36. The third kappa shape index (κ3) is 5.19. The molecule has 0 amide bonds. The van der Waals surface area contributed by atoms with Crippen molar-refractivity contribution < 1.29 is 26.7 Å². The molecule has 3 aromatic rings. The zero-order valence-electron chi connectivity index (χ0n) is 17.3. The smallest absolute Gasteiger partial charge is 0.386 e. The Morgan fingerprint density at radius 2 is 1.97 bits per heavy atom. The molecule has 1 aliphatic heterocycles. The number of aromatic nitrogens is 3. The molecule has 0 aliphatic carbocycles. The monoisotopic (exact) mass is 519 g/mol. The third-order valence-electron chi connectivity index (χ3n) is 5.13.